The van der Waals surface area contributed by atoms with E-state index < -0.39 is 20.0 Å². The van der Waals surface area contributed by atoms with E-state index >= 15 is 0 Å². The van der Waals surface area contributed by atoms with E-state index in [1.807, 2.05) is 6.08 Å². The molecule has 0 heterocycles. The average Bonchev–Trinajstić information content (AvgIpc) is 3.22. The number of nitrogens with one attached hydrogen (secondary N) is 1. The highest BCUT2D eigenvalue weighted by Crippen LogP contribution is 2.43. The Hall–Kier alpha value is -1.28. The van der Waals surface area contributed by atoms with Crippen LogP contribution in [0.25, 0.3) is 0 Å². The van der Waals surface area contributed by atoms with E-state index in [0.717, 1.165) is 44.9 Å². The van der Waals surface area contributed by atoms with Gasteiger partial charge >= 0.3 is 7.82 Å². The zero-order chi connectivity index (χ0) is 43.2. The van der Waals surface area contributed by atoms with E-state index in [9.17, 15) is 19.4 Å². The molecule has 1 amide bonds. The molecule has 0 aromatic heterocycles. The van der Waals surface area contributed by atoms with E-state index in [4.69, 9.17) is 14.8 Å². The molecule has 0 aromatic carbocycles. The quantitative estimate of drug-likeness (QED) is 0.0272. The van der Waals surface area contributed by atoms with Gasteiger partial charge in [-0.15, -0.1) is 0 Å². The third-order valence-corrected chi connectivity index (χ3v) is 12.2. The first-order valence-electron chi connectivity index (χ1n) is 25.1. The monoisotopic (exact) mass is 853 g/mol. The number of carbonyl (C=O) groups is 1. The Kier molecular flexibility index (Phi) is 45.2. The lowest BCUT2D eigenvalue weighted by atomic mass is 10.0. The van der Waals surface area contributed by atoms with Crippen molar-refractivity contribution in [3.63, 3.8) is 0 Å². The molecule has 8 nitrogen and oxygen atoms in total. The predicted octanol–water partition coefficient (Wildman–Crippen LogP) is 14.7. The SMILES string of the molecule is CCCCCCCCCCCCC/C=C/CC/C=C/CC/C=C/C(O)C(COP(=O)(O)OCCN)NC(=O)CCCCCCCCCCCCCCCCCCCCC. The molecule has 0 aromatic rings. The normalized spacial score (nSPS) is 14.2. The summed E-state index contributed by atoms with van der Waals surface area (Å²) in [7, 11) is -4.35. The summed E-state index contributed by atoms with van der Waals surface area (Å²) in [5.41, 5.74) is 5.39. The standard InChI is InChI=1S/C50H97N2O6P/c1-3-5-7-9-11-13-15-17-19-21-23-24-26-27-29-31-33-35-37-39-41-43-49(53)48(47-58-59(55,56)57-46-45-51)52-50(54)44-42-40-38-36-34-32-30-28-25-22-20-18-16-14-12-10-8-6-4-2/h26-27,33,35,41,43,48-49,53H,3-25,28-32,34,36-40,42,44-47,51H2,1-2H3,(H,52,54)(H,55,56)/b27-26+,35-33+,43-41+. The van der Waals surface area contributed by atoms with Crippen LogP contribution < -0.4 is 11.1 Å². The van der Waals surface area contributed by atoms with Crippen LogP contribution in [-0.2, 0) is 18.4 Å². The number of phosphoric ester groups is 1. The van der Waals surface area contributed by atoms with Crippen LogP contribution in [-0.4, -0.2) is 47.8 Å². The highest BCUT2D eigenvalue weighted by molar-refractivity contribution is 7.47. The lowest BCUT2D eigenvalue weighted by Crippen LogP contribution is -2.45. The summed E-state index contributed by atoms with van der Waals surface area (Å²) in [4.78, 5) is 22.8. The number of aliphatic hydroxyl groups is 1. The smallest absolute Gasteiger partial charge is 0.387 e. The van der Waals surface area contributed by atoms with Crippen LogP contribution in [0.3, 0.4) is 0 Å². The fourth-order valence-electron chi connectivity index (χ4n) is 7.40. The third kappa shape index (κ3) is 44.6. The maximum absolute atomic E-state index is 12.8. The Balaban J connectivity index is 4.17. The number of phosphoric acid groups is 1. The van der Waals surface area contributed by atoms with E-state index in [1.165, 1.54) is 180 Å². The molecule has 0 radical (unpaired) electrons. The van der Waals surface area contributed by atoms with Crippen LogP contribution in [0.5, 0.6) is 0 Å². The maximum Gasteiger partial charge on any atom is 0.472 e. The molecule has 3 atom stereocenters. The van der Waals surface area contributed by atoms with Gasteiger partial charge in [0.05, 0.1) is 25.4 Å². The number of hydrogen-bond acceptors (Lipinski definition) is 6. The van der Waals surface area contributed by atoms with Gasteiger partial charge in [0.25, 0.3) is 0 Å². The van der Waals surface area contributed by atoms with Crippen molar-refractivity contribution in [1.82, 2.24) is 5.32 Å². The van der Waals surface area contributed by atoms with Crippen molar-refractivity contribution in [2.75, 3.05) is 19.8 Å². The summed E-state index contributed by atoms with van der Waals surface area (Å²) in [5.74, 6) is -0.204. The van der Waals surface area contributed by atoms with E-state index in [2.05, 4.69) is 43.5 Å². The Morgan fingerprint density at radius 3 is 1.31 bits per heavy atom. The molecule has 9 heteroatoms. The first-order chi connectivity index (χ1) is 28.9. The summed E-state index contributed by atoms with van der Waals surface area (Å²) >= 11 is 0. The zero-order valence-electron chi connectivity index (χ0n) is 38.7. The van der Waals surface area contributed by atoms with Gasteiger partial charge in [-0.3, -0.25) is 13.8 Å². The highest BCUT2D eigenvalue weighted by Gasteiger charge is 2.26. The predicted molar refractivity (Wildman–Crippen MR) is 254 cm³/mol. The molecule has 5 N–H and O–H groups in total. The third-order valence-electron chi connectivity index (χ3n) is 11.2. The van der Waals surface area contributed by atoms with Crippen LogP contribution in [0, 0.1) is 0 Å². The second kappa shape index (κ2) is 46.2. The minimum atomic E-state index is -4.35. The fourth-order valence-corrected chi connectivity index (χ4v) is 8.16. The first-order valence-corrected chi connectivity index (χ1v) is 26.6. The molecule has 0 rings (SSSR count). The highest BCUT2D eigenvalue weighted by atomic mass is 31.2. The number of hydrogen-bond donors (Lipinski definition) is 4. The van der Waals surface area contributed by atoms with Gasteiger partial charge in [-0.1, -0.05) is 230 Å². The van der Waals surface area contributed by atoms with Gasteiger partial charge in [-0.2, -0.15) is 0 Å². The number of carbonyl (C=O) groups excluding carboxylic acids is 1. The Labute approximate surface area is 365 Å². The first kappa shape index (κ1) is 57.7. The average molecular weight is 853 g/mol. The van der Waals surface area contributed by atoms with Crippen LogP contribution >= 0.6 is 7.82 Å². The number of amides is 1. The van der Waals surface area contributed by atoms with Crippen molar-refractivity contribution in [3.8, 4) is 0 Å². The topological polar surface area (TPSA) is 131 Å². The lowest BCUT2D eigenvalue weighted by molar-refractivity contribution is -0.123. The van der Waals surface area contributed by atoms with Crippen LogP contribution in [0.4, 0.5) is 0 Å². The van der Waals surface area contributed by atoms with Crippen LogP contribution in [0.15, 0.2) is 36.5 Å². The molecule has 0 aliphatic carbocycles. The fraction of sp³-hybridized carbons (Fsp3) is 0.860. The minimum absolute atomic E-state index is 0.0729. The number of rotatable bonds is 47. The molecular formula is C50H97N2O6P. The van der Waals surface area contributed by atoms with Gasteiger partial charge in [-0.05, 0) is 44.9 Å². The molecule has 3 unspecified atom stereocenters. The largest absolute Gasteiger partial charge is 0.472 e. The molecule has 0 spiro atoms. The number of nitrogens with two attached hydrogens (primary N) is 1. The molecule has 0 fully saturated rings. The van der Waals surface area contributed by atoms with E-state index in [-0.39, 0.29) is 25.7 Å². The van der Waals surface area contributed by atoms with E-state index in [0.29, 0.717) is 6.42 Å². The second-order valence-electron chi connectivity index (χ2n) is 17.0. The number of unbranched alkanes of at least 4 members (excludes halogenated alkanes) is 31. The van der Waals surface area contributed by atoms with Crippen LogP contribution in [0.2, 0.25) is 0 Å². The second-order valence-corrected chi connectivity index (χ2v) is 18.5. The molecule has 0 aliphatic heterocycles. The van der Waals surface area contributed by atoms with Gasteiger partial charge in [0.2, 0.25) is 5.91 Å². The molecule has 0 aliphatic rings. The van der Waals surface area contributed by atoms with Gasteiger partial charge in [0.15, 0.2) is 0 Å². The summed E-state index contributed by atoms with van der Waals surface area (Å²) in [6.07, 6.45) is 56.4. The summed E-state index contributed by atoms with van der Waals surface area (Å²) in [6.45, 7) is 4.14. The molecule has 0 bridgehead atoms. The van der Waals surface area contributed by atoms with Crippen molar-refractivity contribution < 1.29 is 28.4 Å². The maximum atomic E-state index is 12.8. The van der Waals surface area contributed by atoms with Crippen molar-refractivity contribution in [1.29, 1.82) is 0 Å². The lowest BCUT2D eigenvalue weighted by Gasteiger charge is -2.23. The summed E-state index contributed by atoms with van der Waals surface area (Å²) in [6, 6.07) is -0.881. The van der Waals surface area contributed by atoms with Crippen molar-refractivity contribution in [3.05, 3.63) is 36.5 Å². The van der Waals surface area contributed by atoms with Gasteiger partial charge in [0.1, 0.15) is 0 Å². The minimum Gasteiger partial charge on any atom is -0.387 e. The number of aliphatic hydroxyl groups excluding tert-OH is 1. The van der Waals surface area contributed by atoms with Crippen molar-refractivity contribution in [2.24, 2.45) is 5.73 Å². The summed E-state index contributed by atoms with van der Waals surface area (Å²) < 4.78 is 22.2. The van der Waals surface area contributed by atoms with Crippen molar-refractivity contribution >= 4 is 13.7 Å². The van der Waals surface area contributed by atoms with Gasteiger partial charge in [-0.25, -0.2) is 4.57 Å². The van der Waals surface area contributed by atoms with Gasteiger partial charge in [0, 0.05) is 13.0 Å². The van der Waals surface area contributed by atoms with Gasteiger partial charge < -0.3 is 21.1 Å². The Bertz CT molecular complexity index is 1020. The zero-order valence-corrected chi connectivity index (χ0v) is 39.6. The summed E-state index contributed by atoms with van der Waals surface area (Å²) in [5, 5.41) is 13.7. The molecule has 0 saturated carbocycles. The molecule has 348 valence electrons. The molecule has 59 heavy (non-hydrogen) atoms. The number of allylic oxidation sites excluding steroid dienone is 5. The van der Waals surface area contributed by atoms with E-state index in [1.54, 1.807) is 6.08 Å². The van der Waals surface area contributed by atoms with Crippen LogP contribution in [0.1, 0.15) is 245 Å². The molecular weight excluding hydrogens is 756 g/mol. The Morgan fingerprint density at radius 1 is 0.542 bits per heavy atom. The Morgan fingerprint density at radius 2 is 0.898 bits per heavy atom. The molecule has 0 saturated heterocycles. The van der Waals surface area contributed by atoms with Crippen molar-refractivity contribution in [2.45, 2.75) is 257 Å².